The quantitative estimate of drug-likeness (QED) is 0.811. The van der Waals surface area contributed by atoms with Crippen LogP contribution < -0.4 is 5.56 Å². The standard InChI is InChI=1S/C9H6BrClN2O/c10-5-1-2-6-7(3-5)9(14)13-12-8(6)4-11/h1-3H,4H2,(H,13,14). The van der Waals surface area contributed by atoms with Gasteiger partial charge in [0.25, 0.3) is 5.56 Å². The number of alkyl halides is 1. The van der Waals surface area contributed by atoms with Crippen molar-refractivity contribution in [2.45, 2.75) is 5.88 Å². The van der Waals surface area contributed by atoms with Crippen molar-refractivity contribution in [3.8, 4) is 0 Å². The Labute approximate surface area is 93.2 Å². The molecular weight excluding hydrogens is 267 g/mol. The first kappa shape index (κ1) is 9.68. The minimum absolute atomic E-state index is 0.199. The summed E-state index contributed by atoms with van der Waals surface area (Å²) in [5, 5.41) is 7.68. The van der Waals surface area contributed by atoms with Gasteiger partial charge in [-0.25, -0.2) is 5.10 Å². The van der Waals surface area contributed by atoms with Crippen LogP contribution in [0.1, 0.15) is 5.69 Å². The molecule has 14 heavy (non-hydrogen) atoms. The lowest BCUT2D eigenvalue weighted by Gasteiger charge is -2.01. The molecule has 0 bridgehead atoms. The van der Waals surface area contributed by atoms with Crippen LogP contribution in [0.3, 0.4) is 0 Å². The number of nitrogens with one attached hydrogen (secondary N) is 1. The Balaban J connectivity index is 2.91. The van der Waals surface area contributed by atoms with Gasteiger partial charge in [0.2, 0.25) is 0 Å². The van der Waals surface area contributed by atoms with Gasteiger partial charge < -0.3 is 0 Å². The van der Waals surface area contributed by atoms with Crippen molar-refractivity contribution in [2.75, 3.05) is 0 Å². The van der Waals surface area contributed by atoms with E-state index >= 15 is 0 Å². The van der Waals surface area contributed by atoms with Crippen molar-refractivity contribution < 1.29 is 0 Å². The van der Waals surface area contributed by atoms with Crippen LogP contribution in [-0.2, 0) is 5.88 Å². The molecule has 0 saturated carbocycles. The Morgan fingerprint density at radius 1 is 1.43 bits per heavy atom. The van der Waals surface area contributed by atoms with E-state index in [1.165, 1.54) is 0 Å². The predicted molar refractivity (Wildman–Crippen MR) is 59.6 cm³/mol. The molecule has 2 aromatic rings. The fourth-order valence-electron chi connectivity index (χ4n) is 1.30. The van der Waals surface area contributed by atoms with Crippen molar-refractivity contribution >= 4 is 38.3 Å². The smallest absolute Gasteiger partial charge is 0.267 e. The highest BCUT2D eigenvalue weighted by molar-refractivity contribution is 9.10. The number of benzene rings is 1. The van der Waals surface area contributed by atoms with Gasteiger partial charge in [-0.2, -0.15) is 5.10 Å². The van der Waals surface area contributed by atoms with Crippen LogP contribution in [0.15, 0.2) is 27.5 Å². The molecule has 0 aliphatic heterocycles. The van der Waals surface area contributed by atoms with Crippen molar-refractivity contribution in [1.29, 1.82) is 0 Å². The van der Waals surface area contributed by atoms with E-state index < -0.39 is 0 Å². The Hall–Kier alpha value is -0.870. The normalized spacial score (nSPS) is 10.7. The molecule has 1 aromatic heterocycles. The fraction of sp³-hybridized carbons (Fsp3) is 0.111. The first-order chi connectivity index (χ1) is 6.72. The Kier molecular flexibility index (Phi) is 2.56. The number of aromatic nitrogens is 2. The van der Waals surface area contributed by atoms with E-state index in [1.54, 1.807) is 6.07 Å². The summed E-state index contributed by atoms with van der Waals surface area (Å²) < 4.78 is 0.863. The molecule has 1 heterocycles. The highest BCUT2D eigenvalue weighted by atomic mass is 79.9. The lowest BCUT2D eigenvalue weighted by Crippen LogP contribution is -2.10. The molecular formula is C9H6BrClN2O. The molecule has 72 valence electrons. The number of hydrogen-bond acceptors (Lipinski definition) is 2. The zero-order valence-electron chi connectivity index (χ0n) is 7.05. The van der Waals surface area contributed by atoms with Crippen LogP contribution in [0.25, 0.3) is 10.8 Å². The lowest BCUT2D eigenvalue weighted by atomic mass is 10.1. The number of rotatable bonds is 1. The fourth-order valence-corrected chi connectivity index (χ4v) is 1.86. The predicted octanol–water partition coefficient (Wildman–Crippen LogP) is 2.42. The zero-order chi connectivity index (χ0) is 10.1. The minimum Gasteiger partial charge on any atom is -0.267 e. The van der Waals surface area contributed by atoms with Gasteiger partial charge in [0, 0.05) is 9.86 Å². The summed E-state index contributed by atoms with van der Waals surface area (Å²) in [4.78, 5) is 11.4. The zero-order valence-corrected chi connectivity index (χ0v) is 9.39. The van der Waals surface area contributed by atoms with Crippen LogP contribution in [0.5, 0.6) is 0 Å². The monoisotopic (exact) mass is 272 g/mol. The summed E-state index contributed by atoms with van der Waals surface area (Å²) in [6.07, 6.45) is 0. The molecule has 0 spiro atoms. The molecule has 1 N–H and O–H groups in total. The summed E-state index contributed by atoms with van der Waals surface area (Å²) in [6, 6.07) is 5.45. The molecule has 0 unspecified atom stereocenters. The van der Waals surface area contributed by atoms with E-state index in [0.717, 1.165) is 9.86 Å². The summed E-state index contributed by atoms with van der Waals surface area (Å²) >= 11 is 9.01. The minimum atomic E-state index is -0.199. The second-order valence-electron chi connectivity index (χ2n) is 2.82. The van der Waals surface area contributed by atoms with Crippen molar-refractivity contribution in [1.82, 2.24) is 10.2 Å². The second-order valence-corrected chi connectivity index (χ2v) is 4.01. The molecule has 2 rings (SSSR count). The molecule has 5 heteroatoms. The number of halogens is 2. The first-order valence-electron chi connectivity index (χ1n) is 3.95. The highest BCUT2D eigenvalue weighted by Gasteiger charge is 2.05. The van der Waals surface area contributed by atoms with Crippen LogP contribution >= 0.6 is 27.5 Å². The van der Waals surface area contributed by atoms with Crippen LogP contribution in [0.2, 0.25) is 0 Å². The van der Waals surface area contributed by atoms with E-state index in [2.05, 4.69) is 26.1 Å². The van der Waals surface area contributed by atoms with Gasteiger partial charge in [0.1, 0.15) is 0 Å². The van der Waals surface area contributed by atoms with Gasteiger partial charge >= 0.3 is 0 Å². The van der Waals surface area contributed by atoms with Crippen LogP contribution in [0.4, 0.5) is 0 Å². The summed E-state index contributed by atoms with van der Waals surface area (Å²) in [6.45, 7) is 0. The Morgan fingerprint density at radius 2 is 2.21 bits per heavy atom. The molecule has 0 aliphatic carbocycles. The SMILES string of the molecule is O=c1[nH]nc(CCl)c2ccc(Br)cc12. The Bertz CT molecular complexity index is 538. The number of H-pyrrole nitrogens is 1. The van der Waals surface area contributed by atoms with E-state index in [4.69, 9.17) is 11.6 Å². The third-order valence-electron chi connectivity index (χ3n) is 1.96. The highest BCUT2D eigenvalue weighted by Crippen LogP contribution is 2.19. The van der Waals surface area contributed by atoms with Gasteiger partial charge in [-0.1, -0.05) is 22.0 Å². The topological polar surface area (TPSA) is 45.8 Å². The number of nitrogens with zero attached hydrogens (tertiary/aromatic N) is 1. The molecule has 0 amide bonds. The molecule has 1 aromatic carbocycles. The summed E-state index contributed by atoms with van der Waals surface area (Å²) in [5.41, 5.74) is 0.490. The largest absolute Gasteiger partial charge is 0.272 e. The molecule has 0 atom stereocenters. The second kappa shape index (κ2) is 3.71. The van der Waals surface area contributed by atoms with E-state index in [0.29, 0.717) is 11.1 Å². The van der Waals surface area contributed by atoms with Gasteiger partial charge in [0.05, 0.1) is 17.0 Å². The number of aromatic amines is 1. The summed E-state index contributed by atoms with van der Waals surface area (Å²) in [5.74, 6) is 0.287. The van der Waals surface area contributed by atoms with Crippen LogP contribution in [-0.4, -0.2) is 10.2 Å². The molecule has 0 aliphatic rings. The average molecular weight is 274 g/mol. The average Bonchev–Trinajstić information content (AvgIpc) is 2.19. The van der Waals surface area contributed by atoms with Crippen LogP contribution in [0, 0.1) is 0 Å². The van der Waals surface area contributed by atoms with Crippen molar-refractivity contribution in [3.63, 3.8) is 0 Å². The van der Waals surface area contributed by atoms with Gasteiger partial charge in [-0.05, 0) is 12.1 Å². The van der Waals surface area contributed by atoms with Gasteiger partial charge in [0.15, 0.2) is 0 Å². The number of hydrogen-bond donors (Lipinski definition) is 1. The van der Waals surface area contributed by atoms with Crippen molar-refractivity contribution in [3.05, 3.63) is 38.7 Å². The number of fused-ring (bicyclic) bond motifs is 1. The van der Waals surface area contributed by atoms with E-state index in [1.807, 2.05) is 12.1 Å². The maximum atomic E-state index is 11.4. The third-order valence-corrected chi connectivity index (χ3v) is 2.70. The molecule has 0 fully saturated rings. The lowest BCUT2D eigenvalue weighted by molar-refractivity contribution is 0.961. The van der Waals surface area contributed by atoms with Gasteiger partial charge in [-0.3, -0.25) is 4.79 Å². The van der Waals surface area contributed by atoms with E-state index in [-0.39, 0.29) is 11.4 Å². The summed E-state index contributed by atoms with van der Waals surface area (Å²) in [7, 11) is 0. The first-order valence-corrected chi connectivity index (χ1v) is 5.28. The maximum Gasteiger partial charge on any atom is 0.272 e. The van der Waals surface area contributed by atoms with E-state index in [9.17, 15) is 4.79 Å². The maximum absolute atomic E-state index is 11.4. The third kappa shape index (κ3) is 1.55. The molecule has 0 radical (unpaired) electrons. The molecule has 3 nitrogen and oxygen atoms in total. The Morgan fingerprint density at radius 3 is 2.93 bits per heavy atom. The molecule has 0 saturated heterocycles. The van der Waals surface area contributed by atoms with Crippen molar-refractivity contribution in [2.24, 2.45) is 0 Å². The van der Waals surface area contributed by atoms with Gasteiger partial charge in [-0.15, -0.1) is 11.6 Å².